The zero-order chi connectivity index (χ0) is 19.2. The highest BCUT2D eigenvalue weighted by Crippen LogP contribution is 2.24. The summed E-state index contributed by atoms with van der Waals surface area (Å²) in [6.45, 7) is 0. The number of nitrogens with one attached hydrogen (secondary N) is 1. The van der Waals surface area contributed by atoms with Crippen molar-refractivity contribution < 1.29 is 39.3 Å². The molecule has 0 radical (unpaired) electrons. The molecule has 128 valence electrons. The van der Waals surface area contributed by atoms with Crippen LogP contribution in [0.25, 0.3) is 21.8 Å². The number of pyridine rings is 1. The topological polar surface area (TPSA) is 175 Å². The third-order valence-electron chi connectivity index (χ3n) is 3.73. The molecular weight excluding hydrogens is 348 g/mol. The van der Waals surface area contributed by atoms with Gasteiger partial charge in [-0.25, -0.2) is 29.0 Å². The Kier molecular flexibility index (Phi) is 3.62. The molecule has 3 aromatic rings. The maximum absolute atomic E-state index is 11.6. The maximum atomic E-state index is 11.6. The van der Waals surface area contributed by atoms with Gasteiger partial charge in [0.25, 0.3) is 0 Å². The van der Waals surface area contributed by atoms with Gasteiger partial charge < -0.3 is 20.3 Å². The molecular formula is C16H6N2O8. The van der Waals surface area contributed by atoms with Gasteiger partial charge in [-0.3, -0.25) is 0 Å². The molecule has 0 aliphatic carbocycles. The lowest BCUT2D eigenvalue weighted by atomic mass is 10.0. The third-order valence-corrected chi connectivity index (χ3v) is 3.73. The van der Waals surface area contributed by atoms with E-state index in [-0.39, 0.29) is 22.0 Å². The third kappa shape index (κ3) is 2.23. The first-order valence-corrected chi connectivity index (χ1v) is 6.79. The standard InChI is InChI=1S/C16H6N2O8/c19-3-7-5-1-9(15(23)24)17-12(5)11-6(14(21)22)2-10(16(25)26)18-13(11)8(7)4-20/h1-2,17H,(H,21,22)(H,23,24)(H,25,26). The van der Waals surface area contributed by atoms with Crippen LogP contribution in [-0.4, -0.2) is 55.1 Å². The van der Waals surface area contributed by atoms with Crippen LogP contribution in [0, 0.1) is 0 Å². The van der Waals surface area contributed by atoms with Gasteiger partial charge in [-0.2, -0.15) is 0 Å². The predicted octanol–water partition coefficient (Wildman–Crippen LogP) is -1.18. The first-order valence-electron chi connectivity index (χ1n) is 6.79. The Labute approximate surface area is 141 Å². The Morgan fingerprint density at radius 2 is 1.58 bits per heavy atom. The number of carboxylic acids is 3. The summed E-state index contributed by atoms with van der Waals surface area (Å²) in [4.78, 5) is 62.9. The fourth-order valence-corrected chi connectivity index (χ4v) is 2.68. The van der Waals surface area contributed by atoms with Crippen molar-refractivity contribution in [2.45, 2.75) is 0 Å². The van der Waals surface area contributed by atoms with Crippen LogP contribution in [0.4, 0.5) is 0 Å². The van der Waals surface area contributed by atoms with Crippen LogP contribution in [0.3, 0.4) is 0 Å². The minimum absolute atomic E-state index is 0.0735. The first-order chi connectivity index (χ1) is 12.3. The van der Waals surface area contributed by atoms with Gasteiger partial charge >= 0.3 is 17.9 Å². The van der Waals surface area contributed by atoms with Crippen molar-refractivity contribution >= 4 is 51.6 Å². The van der Waals surface area contributed by atoms with Gasteiger partial charge in [0.2, 0.25) is 0 Å². The summed E-state index contributed by atoms with van der Waals surface area (Å²) in [7, 11) is 0. The van der Waals surface area contributed by atoms with Crippen molar-refractivity contribution in [1.29, 1.82) is 0 Å². The molecule has 0 bridgehead atoms. The number of fused-ring (bicyclic) bond motifs is 3. The van der Waals surface area contributed by atoms with E-state index in [1.165, 1.54) is 11.9 Å². The van der Waals surface area contributed by atoms with Gasteiger partial charge in [-0.1, -0.05) is 0 Å². The van der Waals surface area contributed by atoms with Crippen molar-refractivity contribution in [2.75, 3.05) is 0 Å². The minimum atomic E-state index is -1.55. The molecule has 1 aromatic carbocycles. The number of carboxylic acid groups (broad SMARTS) is 3. The van der Waals surface area contributed by atoms with Crippen LogP contribution >= 0.6 is 0 Å². The smallest absolute Gasteiger partial charge is 0.354 e. The Bertz CT molecular complexity index is 1320. The number of nitrogens with zero attached hydrogens (tertiary/aromatic N) is 1. The fraction of sp³-hybridized carbons (Fsp3) is 0. The number of H-pyrrole nitrogens is 1. The highest BCUT2D eigenvalue weighted by molar-refractivity contribution is 6.17. The quantitative estimate of drug-likeness (QED) is 0.451. The van der Waals surface area contributed by atoms with Gasteiger partial charge in [0, 0.05) is 10.8 Å². The van der Waals surface area contributed by atoms with Crippen molar-refractivity contribution in [3.63, 3.8) is 0 Å². The van der Waals surface area contributed by atoms with Crippen LogP contribution in [0.15, 0.2) is 12.1 Å². The van der Waals surface area contributed by atoms with Gasteiger partial charge in [0.05, 0.1) is 21.8 Å². The molecule has 0 aliphatic rings. The Balaban J connectivity index is 2.82. The lowest BCUT2D eigenvalue weighted by Gasteiger charge is -2.06. The van der Waals surface area contributed by atoms with E-state index in [0.717, 1.165) is 12.1 Å². The van der Waals surface area contributed by atoms with Crippen LogP contribution in [0.2, 0.25) is 0 Å². The molecule has 3 rings (SSSR count). The largest absolute Gasteiger partial charge is 0.478 e. The molecule has 0 fully saturated rings. The molecule has 2 aromatic heterocycles. The van der Waals surface area contributed by atoms with E-state index in [9.17, 15) is 29.1 Å². The molecule has 0 saturated carbocycles. The number of carbonyl (C=O) groups is 3. The number of aromatic carboxylic acids is 3. The highest BCUT2D eigenvalue weighted by atomic mass is 16.4. The molecule has 0 spiro atoms. The molecule has 2 heterocycles. The lowest BCUT2D eigenvalue weighted by Crippen LogP contribution is -2.30. The number of benzene rings is 1. The second-order valence-corrected chi connectivity index (χ2v) is 5.12. The van der Waals surface area contributed by atoms with Crippen LogP contribution in [0.5, 0.6) is 0 Å². The minimum Gasteiger partial charge on any atom is -0.478 e. The Hall–Kier alpha value is -4.26. The number of aromatic amines is 1. The first kappa shape index (κ1) is 16.6. The number of rotatable bonds is 3. The summed E-state index contributed by atoms with van der Waals surface area (Å²) in [5, 5.41) is 26.5. The summed E-state index contributed by atoms with van der Waals surface area (Å²) >= 11 is 0. The SMILES string of the molecule is O=C=c1c(=C=O)c2nc(C(=O)O)cc(C(=O)O)c2c2[nH]c(C(=O)O)cc12. The summed E-state index contributed by atoms with van der Waals surface area (Å²) < 4.78 is 0. The van der Waals surface area contributed by atoms with Crippen molar-refractivity contribution in [1.82, 2.24) is 9.97 Å². The van der Waals surface area contributed by atoms with E-state index >= 15 is 0 Å². The summed E-state index contributed by atoms with van der Waals surface area (Å²) in [5.74, 6) is -1.58. The molecule has 4 N–H and O–H groups in total. The van der Waals surface area contributed by atoms with E-state index in [1.807, 2.05) is 0 Å². The van der Waals surface area contributed by atoms with Crippen molar-refractivity contribution in [2.24, 2.45) is 0 Å². The Morgan fingerprint density at radius 3 is 2.08 bits per heavy atom. The van der Waals surface area contributed by atoms with Crippen molar-refractivity contribution in [3.8, 4) is 0 Å². The normalized spacial score (nSPS) is 10.5. The molecule has 10 heteroatoms. The average molecular weight is 354 g/mol. The molecule has 0 unspecified atom stereocenters. The fourth-order valence-electron chi connectivity index (χ4n) is 2.68. The maximum Gasteiger partial charge on any atom is 0.354 e. The second kappa shape index (κ2) is 5.67. The zero-order valence-electron chi connectivity index (χ0n) is 12.5. The zero-order valence-corrected chi connectivity index (χ0v) is 12.5. The molecule has 0 amide bonds. The second-order valence-electron chi connectivity index (χ2n) is 5.12. The number of carbonyl (C=O) groups excluding carboxylic acids is 2. The van der Waals surface area contributed by atoms with E-state index in [0.29, 0.717) is 0 Å². The predicted molar refractivity (Wildman–Crippen MR) is 83.3 cm³/mol. The van der Waals surface area contributed by atoms with Gasteiger partial charge in [-0.15, -0.1) is 0 Å². The van der Waals surface area contributed by atoms with Crippen molar-refractivity contribution in [3.05, 3.63) is 39.5 Å². The highest BCUT2D eigenvalue weighted by Gasteiger charge is 2.22. The Morgan fingerprint density at radius 1 is 0.923 bits per heavy atom. The van der Waals surface area contributed by atoms with Crippen LogP contribution < -0.4 is 10.4 Å². The van der Waals surface area contributed by atoms with Crippen LogP contribution in [0.1, 0.15) is 31.3 Å². The summed E-state index contributed by atoms with van der Waals surface area (Å²) in [5.41, 5.74) is -2.10. The monoisotopic (exact) mass is 354 g/mol. The van der Waals surface area contributed by atoms with E-state index in [4.69, 9.17) is 10.2 Å². The average Bonchev–Trinajstić information content (AvgIpc) is 3.04. The van der Waals surface area contributed by atoms with Crippen LogP contribution in [-0.2, 0) is 9.59 Å². The van der Waals surface area contributed by atoms with E-state index < -0.39 is 45.1 Å². The summed E-state index contributed by atoms with van der Waals surface area (Å²) in [6.07, 6.45) is 0. The van der Waals surface area contributed by atoms with Gasteiger partial charge in [0.1, 0.15) is 28.5 Å². The molecule has 10 nitrogen and oxygen atoms in total. The van der Waals surface area contributed by atoms with E-state index in [2.05, 4.69) is 9.97 Å². The number of hydrogen-bond donors (Lipinski definition) is 4. The molecule has 26 heavy (non-hydrogen) atoms. The molecule has 0 aliphatic heterocycles. The molecule has 0 atom stereocenters. The lowest BCUT2D eigenvalue weighted by molar-refractivity contribution is 0.0678. The molecule has 0 saturated heterocycles. The van der Waals surface area contributed by atoms with Gasteiger partial charge in [-0.05, 0) is 12.1 Å². The van der Waals surface area contributed by atoms with Gasteiger partial charge in [0.15, 0.2) is 0 Å². The number of hydrogen-bond acceptors (Lipinski definition) is 6. The number of aromatic nitrogens is 2. The van der Waals surface area contributed by atoms with E-state index in [1.54, 1.807) is 0 Å². The summed E-state index contributed by atoms with van der Waals surface area (Å²) in [6, 6.07) is 1.81.